The van der Waals surface area contributed by atoms with E-state index in [-0.39, 0.29) is 10.8 Å². The van der Waals surface area contributed by atoms with Gasteiger partial charge in [0.2, 0.25) is 10.0 Å². The number of sulfonamides is 1. The van der Waals surface area contributed by atoms with Crippen LogP contribution in [-0.2, 0) is 14.8 Å². The predicted molar refractivity (Wildman–Crippen MR) is 113 cm³/mol. The first kappa shape index (κ1) is 19.9. The van der Waals surface area contributed by atoms with E-state index in [4.69, 9.17) is 9.56 Å². The van der Waals surface area contributed by atoms with Gasteiger partial charge in [0.15, 0.2) is 5.17 Å². The number of carbonyl (C=O) groups excluding carboxylic acids is 1. The van der Waals surface area contributed by atoms with E-state index in [0.717, 1.165) is 31.1 Å². The molecule has 0 bridgehead atoms. The van der Waals surface area contributed by atoms with Gasteiger partial charge in [0, 0.05) is 24.7 Å². The summed E-state index contributed by atoms with van der Waals surface area (Å²) in [6.07, 6.45) is 3.91. The molecule has 0 aliphatic carbocycles. The summed E-state index contributed by atoms with van der Waals surface area (Å²) < 4.78 is 28.5. The first-order valence-electron chi connectivity index (χ1n) is 9.30. The van der Waals surface area contributed by atoms with E-state index < -0.39 is 10.0 Å². The fourth-order valence-electron chi connectivity index (χ4n) is 3.26. The lowest BCUT2D eigenvalue weighted by Gasteiger charge is -2.30. The smallest absolute Gasteiger partial charge is 0.286 e. The van der Waals surface area contributed by atoms with Gasteiger partial charge in [0.1, 0.15) is 11.5 Å². The molecular formula is C20H21N3O4S2. The van der Waals surface area contributed by atoms with Gasteiger partial charge in [0.05, 0.1) is 9.80 Å². The summed E-state index contributed by atoms with van der Waals surface area (Å²) in [6.45, 7) is 4.09. The molecule has 7 nitrogen and oxygen atoms in total. The highest BCUT2D eigenvalue weighted by molar-refractivity contribution is 8.18. The summed E-state index contributed by atoms with van der Waals surface area (Å²) in [5.74, 6) is 1.57. The Balaban J connectivity index is 1.48. The summed E-state index contributed by atoms with van der Waals surface area (Å²) in [5, 5.41) is 5.88. The number of amides is 1. The number of likely N-dealkylation sites (tertiary alicyclic amines) is 1. The molecule has 1 amide bonds. The Hall–Kier alpha value is -2.36. The van der Waals surface area contributed by atoms with Crippen molar-refractivity contribution in [1.29, 1.82) is 0 Å². The molecule has 9 heteroatoms. The first-order chi connectivity index (χ1) is 13.8. The average Bonchev–Trinajstić information content (AvgIpc) is 3.29. The van der Waals surface area contributed by atoms with Crippen LogP contribution in [0, 0.1) is 5.92 Å². The molecule has 2 aromatic rings. The van der Waals surface area contributed by atoms with Crippen molar-refractivity contribution in [3.63, 3.8) is 0 Å². The normalized spacial score (nSPS) is 19.8. The van der Waals surface area contributed by atoms with E-state index in [1.807, 2.05) is 0 Å². The maximum Gasteiger partial charge on any atom is 0.286 e. The minimum atomic E-state index is -3.73. The second-order valence-corrected chi connectivity index (χ2v) is 9.82. The number of aliphatic imine (C=N–C) groups is 1. The van der Waals surface area contributed by atoms with Crippen LogP contribution in [0.2, 0.25) is 0 Å². The van der Waals surface area contributed by atoms with Gasteiger partial charge in [0.25, 0.3) is 5.91 Å². The van der Waals surface area contributed by atoms with Crippen LogP contribution < -0.4 is 5.14 Å². The summed E-state index contributed by atoms with van der Waals surface area (Å²) >= 11 is 1.38. The van der Waals surface area contributed by atoms with E-state index in [0.29, 0.717) is 27.9 Å². The third kappa shape index (κ3) is 4.47. The van der Waals surface area contributed by atoms with E-state index in [1.54, 1.807) is 30.3 Å². The van der Waals surface area contributed by atoms with Crippen molar-refractivity contribution in [3.8, 4) is 11.3 Å². The highest BCUT2D eigenvalue weighted by Crippen LogP contribution is 2.33. The molecule has 4 rings (SSSR count). The maximum atomic E-state index is 12.3. The van der Waals surface area contributed by atoms with Crippen LogP contribution in [0.4, 0.5) is 0 Å². The molecule has 0 saturated carbocycles. The van der Waals surface area contributed by atoms with Gasteiger partial charge < -0.3 is 9.32 Å². The number of benzene rings is 1. The molecular weight excluding hydrogens is 410 g/mol. The molecule has 3 heterocycles. The Morgan fingerprint density at radius 1 is 1.17 bits per heavy atom. The second-order valence-electron chi connectivity index (χ2n) is 7.25. The number of primary sulfonamides is 1. The zero-order valence-electron chi connectivity index (χ0n) is 15.9. The van der Waals surface area contributed by atoms with Crippen LogP contribution >= 0.6 is 11.8 Å². The first-order valence-corrected chi connectivity index (χ1v) is 11.7. The number of amidine groups is 1. The molecule has 2 aliphatic heterocycles. The van der Waals surface area contributed by atoms with E-state index in [2.05, 4.69) is 16.8 Å². The molecule has 29 heavy (non-hydrogen) atoms. The minimum absolute atomic E-state index is 0.0416. The van der Waals surface area contributed by atoms with Gasteiger partial charge in [-0.05, 0) is 66.9 Å². The fourth-order valence-corrected chi connectivity index (χ4v) is 4.72. The van der Waals surface area contributed by atoms with Gasteiger partial charge in [-0.1, -0.05) is 6.92 Å². The summed E-state index contributed by atoms with van der Waals surface area (Å²) in [6, 6.07) is 9.66. The molecule has 0 spiro atoms. The molecule has 1 fully saturated rings. The zero-order chi connectivity index (χ0) is 20.6. The molecule has 2 N–H and O–H groups in total. The number of thioether (sulfide) groups is 1. The van der Waals surface area contributed by atoms with Crippen molar-refractivity contribution in [3.05, 3.63) is 47.1 Å². The molecule has 0 unspecified atom stereocenters. The van der Waals surface area contributed by atoms with Crippen molar-refractivity contribution in [2.45, 2.75) is 24.7 Å². The maximum absolute atomic E-state index is 12.3. The number of nitrogens with zero attached hydrogens (tertiary/aromatic N) is 2. The quantitative estimate of drug-likeness (QED) is 0.748. The standard InChI is InChI=1S/C20H21N3O4S2/c1-13-8-10-23(11-9-13)20-22-19(24)18(28-20)12-15-4-7-17(27-15)14-2-5-16(6-3-14)29(21,25)26/h2-7,12-13H,8-11H2,1H3,(H2,21,25,26)/b18-12-. The number of piperidine rings is 1. The van der Waals surface area contributed by atoms with Crippen molar-refractivity contribution < 1.29 is 17.6 Å². The Morgan fingerprint density at radius 3 is 2.52 bits per heavy atom. The monoisotopic (exact) mass is 431 g/mol. The third-order valence-corrected chi connectivity index (χ3v) is 7.00. The summed E-state index contributed by atoms with van der Waals surface area (Å²) in [4.78, 5) is 19.2. The molecule has 1 aromatic carbocycles. The lowest BCUT2D eigenvalue weighted by molar-refractivity contribution is -0.113. The van der Waals surface area contributed by atoms with Gasteiger partial charge in [-0.25, -0.2) is 13.6 Å². The number of carbonyl (C=O) groups is 1. The van der Waals surface area contributed by atoms with Crippen LogP contribution in [0.15, 0.2) is 55.6 Å². The minimum Gasteiger partial charge on any atom is -0.457 e. The molecule has 1 saturated heterocycles. The SMILES string of the molecule is CC1CCN(C2=NC(=O)/C(=C/c3ccc(-c4ccc(S(N)(=O)=O)cc4)o3)S2)CC1. The molecule has 0 atom stereocenters. The largest absolute Gasteiger partial charge is 0.457 e. The average molecular weight is 432 g/mol. The van der Waals surface area contributed by atoms with Crippen molar-refractivity contribution in [2.24, 2.45) is 16.0 Å². The lowest BCUT2D eigenvalue weighted by atomic mass is 10.00. The van der Waals surface area contributed by atoms with Gasteiger partial charge >= 0.3 is 0 Å². The highest BCUT2D eigenvalue weighted by atomic mass is 32.2. The number of nitrogens with two attached hydrogens (primary N) is 1. The number of hydrogen-bond acceptors (Lipinski definition) is 6. The van der Waals surface area contributed by atoms with Crippen LogP contribution in [0.5, 0.6) is 0 Å². The summed E-state index contributed by atoms with van der Waals surface area (Å²) in [7, 11) is -3.73. The molecule has 0 radical (unpaired) electrons. The number of rotatable bonds is 3. The Labute approximate surface area is 173 Å². The van der Waals surface area contributed by atoms with Gasteiger partial charge in [-0.15, -0.1) is 0 Å². The molecule has 1 aromatic heterocycles. The molecule has 2 aliphatic rings. The topological polar surface area (TPSA) is 106 Å². The predicted octanol–water partition coefficient (Wildman–Crippen LogP) is 3.30. The zero-order valence-corrected chi connectivity index (χ0v) is 17.5. The Kier molecular flexibility index (Phi) is 5.37. The van der Waals surface area contributed by atoms with E-state index >= 15 is 0 Å². The van der Waals surface area contributed by atoms with Crippen LogP contribution in [0.1, 0.15) is 25.5 Å². The second kappa shape index (κ2) is 7.81. The van der Waals surface area contributed by atoms with E-state index in [9.17, 15) is 13.2 Å². The highest BCUT2D eigenvalue weighted by Gasteiger charge is 2.28. The number of furan rings is 1. The van der Waals surface area contributed by atoms with Crippen molar-refractivity contribution >= 4 is 38.9 Å². The Morgan fingerprint density at radius 2 is 1.86 bits per heavy atom. The Bertz CT molecular complexity index is 1090. The fraction of sp³-hybridized carbons (Fsp3) is 0.300. The van der Waals surface area contributed by atoms with Crippen molar-refractivity contribution in [2.75, 3.05) is 13.1 Å². The van der Waals surface area contributed by atoms with Crippen LogP contribution in [-0.4, -0.2) is 37.5 Å². The number of hydrogen-bond donors (Lipinski definition) is 1. The van der Waals surface area contributed by atoms with Gasteiger partial charge in [-0.2, -0.15) is 4.99 Å². The molecule has 152 valence electrons. The summed E-state index contributed by atoms with van der Waals surface area (Å²) in [5.41, 5.74) is 0.715. The van der Waals surface area contributed by atoms with E-state index in [1.165, 1.54) is 23.9 Å². The van der Waals surface area contributed by atoms with Gasteiger partial charge in [-0.3, -0.25) is 4.79 Å². The van der Waals surface area contributed by atoms with Crippen LogP contribution in [0.25, 0.3) is 17.4 Å². The van der Waals surface area contributed by atoms with Crippen LogP contribution in [0.3, 0.4) is 0 Å². The van der Waals surface area contributed by atoms with Crippen molar-refractivity contribution in [1.82, 2.24) is 4.90 Å². The lowest BCUT2D eigenvalue weighted by Crippen LogP contribution is -2.35. The third-order valence-electron chi connectivity index (χ3n) is 5.03.